The topological polar surface area (TPSA) is 209 Å². The van der Waals surface area contributed by atoms with Crippen molar-refractivity contribution in [2.45, 2.75) is 121 Å². The van der Waals surface area contributed by atoms with Gasteiger partial charge in [-0.15, -0.1) is 0 Å². The summed E-state index contributed by atoms with van der Waals surface area (Å²) in [6.07, 6.45) is -15.2. The van der Waals surface area contributed by atoms with Crippen LogP contribution in [-0.2, 0) is 60.7 Å². The van der Waals surface area contributed by atoms with Crippen LogP contribution in [0, 0.1) is 0 Å². The Balaban J connectivity index is 1.34. The van der Waals surface area contributed by atoms with Gasteiger partial charge in [0.15, 0.2) is 24.8 Å². The third-order valence-electron chi connectivity index (χ3n) is 7.81. The van der Waals surface area contributed by atoms with Crippen LogP contribution in [0.5, 0.6) is 5.75 Å². The monoisotopic (exact) mass is 708 g/mol. The number of ether oxygens (including phenoxy) is 8. The molecule has 0 aliphatic carbocycles. The van der Waals surface area contributed by atoms with Gasteiger partial charge in [-0.1, -0.05) is 42.5 Å². The Morgan fingerprint density at radius 1 is 0.640 bits per heavy atom. The number of phenolic OH excluding ortho intramolecular Hbond substituents is 1. The number of hydrogen-bond acceptors (Lipinski definition) is 15. The molecule has 2 fully saturated rings. The van der Waals surface area contributed by atoms with Gasteiger partial charge in [0, 0.05) is 6.61 Å². The number of aliphatic hydroxyl groups is 4. The van der Waals surface area contributed by atoms with Crippen molar-refractivity contribution in [3.05, 3.63) is 65.7 Å². The number of benzene rings is 2. The molecule has 4 rings (SSSR count). The molecule has 278 valence electrons. The van der Waals surface area contributed by atoms with Gasteiger partial charge in [-0.2, -0.15) is 0 Å². The molecule has 0 spiro atoms. The number of rotatable bonds is 16. The fourth-order valence-corrected chi connectivity index (χ4v) is 5.34. The number of esters is 2. The molecule has 2 aliphatic rings. The first kappa shape index (κ1) is 39.6. The maximum Gasteiger partial charge on any atom is 0.338 e. The first-order chi connectivity index (χ1) is 23.8. The summed E-state index contributed by atoms with van der Waals surface area (Å²) in [5, 5.41) is 52.7. The van der Waals surface area contributed by atoms with Crippen LogP contribution in [0.4, 0.5) is 0 Å². The van der Waals surface area contributed by atoms with E-state index in [0.717, 1.165) is 5.56 Å². The standard InChI is InChI=1S/C35H48O15/c1-19(2)47-29-25(38)26(39)34(49-31(29)33(42)45-17-21-9-6-5-7-10-21)44-16-8-15-43-28-24(37)27(40)35(48-20(3)4)50-30(28)32(41)46-18-22-11-13-23(36)14-12-22/h5-7,9-14,19-20,24-31,34-40H,8,15-18H2,1-4H3/t24-,25-,26+,27+,28+,29+,30?,31?,34-,35-/m1/s1. The highest BCUT2D eigenvalue weighted by atomic mass is 16.7. The van der Waals surface area contributed by atoms with Gasteiger partial charge in [-0.05, 0) is 57.4 Å². The van der Waals surface area contributed by atoms with Crippen molar-refractivity contribution in [1.82, 2.24) is 0 Å². The third kappa shape index (κ3) is 10.9. The van der Waals surface area contributed by atoms with Gasteiger partial charge in [0.25, 0.3) is 0 Å². The van der Waals surface area contributed by atoms with E-state index in [1.54, 1.807) is 64.1 Å². The quantitative estimate of drug-likeness (QED) is 0.122. The van der Waals surface area contributed by atoms with Gasteiger partial charge in [0.2, 0.25) is 0 Å². The predicted molar refractivity (Wildman–Crippen MR) is 172 cm³/mol. The smallest absolute Gasteiger partial charge is 0.338 e. The highest BCUT2D eigenvalue weighted by Gasteiger charge is 2.51. The van der Waals surface area contributed by atoms with Crippen molar-refractivity contribution < 1.29 is 73.0 Å². The average molecular weight is 709 g/mol. The largest absolute Gasteiger partial charge is 0.508 e. The summed E-state index contributed by atoms with van der Waals surface area (Å²) in [7, 11) is 0. The zero-order valence-electron chi connectivity index (χ0n) is 28.5. The van der Waals surface area contributed by atoms with Gasteiger partial charge in [0.1, 0.15) is 55.6 Å². The second-order valence-electron chi connectivity index (χ2n) is 12.6. The molecule has 50 heavy (non-hydrogen) atoms. The minimum absolute atomic E-state index is 0.0451. The van der Waals surface area contributed by atoms with Crippen LogP contribution >= 0.6 is 0 Å². The van der Waals surface area contributed by atoms with Gasteiger partial charge in [0.05, 0.1) is 18.8 Å². The normalized spacial score (nSPS) is 30.0. The van der Waals surface area contributed by atoms with Gasteiger partial charge >= 0.3 is 11.9 Å². The molecule has 2 saturated heterocycles. The average Bonchev–Trinajstić information content (AvgIpc) is 3.09. The third-order valence-corrected chi connectivity index (χ3v) is 7.81. The second-order valence-corrected chi connectivity index (χ2v) is 12.6. The molecule has 0 saturated carbocycles. The number of hydrogen-bond donors (Lipinski definition) is 5. The molecule has 0 radical (unpaired) electrons. The zero-order chi connectivity index (χ0) is 36.4. The van der Waals surface area contributed by atoms with Crippen molar-refractivity contribution in [3.63, 3.8) is 0 Å². The van der Waals surface area contributed by atoms with E-state index in [2.05, 4.69) is 0 Å². The van der Waals surface area contributed by atoms with Gasteiger partial charge in [-0.3, -0.25) is 0 Å². The lowest BCUT2D eigenvalue weighted by atomic mass is 9.98. The summed E-state index contributed by atoms with van der Waals surface area (Å²) in [5.74, 6) is -1.64. The summed E-state index contributed by atoms with van der Waals surface area (Å²) in [5.41, 5.74) is 1.33. The predicted octanol–water partition coefficient (Wildman–Crippen LogP) is 1.08. The van der Waals surface area contributed by atoms with Crippen LogP contribution < -0.4 is 0 Å². The van der Waals surface area contributed by atoms with Crippen molar-refractivity contribution >= 4 is 11.9 Å². The molecule has 15 nitrogen and oxygen atoms in total. The van der Waals surface area contributed by atoms with E-state index in [0.29, 0.717) is 5.56 Å². The summed E-state index contributed by atoms with van der Waals surface area (Å²) in [6, 6.07) is 15.0. The Morgan fingerprint density at radius 2 is 1.14 bits per heavy atom. The van der Waals surface area contributed by atoms with Crippen LogP contribution in [0.15, 0.2) is 54.6 Å². The van der Waals surface area contributed by atoms with Crippen LogP contribution in [0.3, 0.4) is 0 Å². The highest BCUT2D eigenvalue weighted by molar-refractivity contribution is 5.76. The van der Waals surface area contributed by atoms with E-state index >= 15 is 0 Å². The fraction of sp³-hybridized carbons (Fsp3) is 0.600. The Hall–Kier alpha value is -3.22. The van der Waals surface area contributed by atoms with E-state index in [4.69, 9.17) is 37.9 Å². The van der Waals surface area contributed by atoms with E-state index in [-0.39, 0.29) is 38.6 Å². The summed E-state index contributed by atoms with van der Waals surface area (Å²) in [4.78, 5) is 26.2. The van der Waals surface area contributed by atoms with Crippen molar-refractivity contribution in [2.24, 2.45) is 0 Å². The molecule has 0 amide bonds. The number of phenols is 1. The lowest BCUT2D eigenvalue weighted by Gasteiger charge is -2.42. The Morgan fingerprint density at radius 3 is 1.74 bits per heavy atom. The first-order valence-electron chi connectivity index (χ1n) is 16.6. The molecule has 0 aromatic heterocycles. The van der Waals surface area contributed by atoms with Gasteiger partial charge < -0.3 is 63.4 Å². The van der Waals surface area contributed by atoms with E-state index in [1.807, 2.05) is 6.07 Å². The van der Waals surface area contributed by atoms with Crippen LogP contribution in [0.1, 0.15) is 45.2 Å². The summed E-state index contributed by atoms with van der Waals surface area (Å²) >= 11 is 0. The number of carbonyl (C=O) groups is 2. The minimum Gasteiger partial charge on any atom is -0.508 e. The number of aromatic hydroxyl groups is 1. The lowest BCUT2D eigenvalue weighted by Crippen LogP contribution is -2.62. The fourth-order valence-electron chi connectivity index (χ4n) is 5.34. The van der Waals surface area contributed by atoms with Gasteiger partial charge in [-0.25, -0.2) is 9.59 Å². The summed E-state index contributed by atoms with van der Waals surface area (Å²) in [6.45, 7) is 6.37. The maximum absolute atomic E-state index is 13.1. The molecule has 15 heteroatoms. The van der Waals surface area contributed by atoms with Crippen molar-refractivity contribution in [1.29, 1.82) is 0 Å². The van der Waals surface area contributed by atoms with E-state index < -0.39 is 85.6 Å². The molecule has 5 N–H and O–H groups in total. The Kier molecular flexibility index (Phi) is 14.9. The molecule has 2 unspecified atom stereocenters. The van der Waals surface area contributed by atoms with Crippen LogP contribution in [0.25, 0.3) is 0 Å². The highest BCUT2D eigenvalue weighted by Crippen LogP contribution is 2.29. The number of carbonyl (C=O) groups excluding carboxylic acids is 2. The first-order valence-corrected chi connectivity index (χ1v) is 16.6. The van der Waals surface area contributed by atoms with Crippen LogP contribution in [0.2, 0.25) is 0 Å². The van der Waals surface area contributed by atoms with Crippen LogP contribution in [-0.4, -0.2) is 124 Å². The Bertz CT molecular complexity index is 1320. The maximum atomic E-state index is 13.1. The lowest BCUT2D eigenvalue weighted by molar-refractivity contribution is -0.311. The molecular formula is C35H48O15. The zero-order valence-corrected chi connectivity index (χ0v) is 28.5. The minimum atomic E-state index is -1.60. The molecule has 2 aromatic carbocycles. The van der Waals surface area contributed by atoms with Crippen molar-refractivity contribution in [3.8, 4) is 5.75 Å². The number of aliphatic hydroxyl groups excluding tert-OH is 4. The summed E-state index contributed by atoms with van der Waals surface area (Å²) < 4.78 is 45.1. The molecule has 2 heterocycles. The van der Waals surface area contributed by atoms with Crippen molar-refractivity contribution in [2.75, 3.05) is 13.2 Å². The van der Waals surface area contributed by atoms with E-state index in [1.165, 1.54) is 12.1 Å². The van der Waals surface area contributed by atoms with E-state index in [9.17, 15) is 35.1 Å². The Labute approximate surface area is 290 Å². The second kappa shape index (κ2) is 18.9. The SMILES string of the molecule is CC(C)O[C@@H]1OC(C(=O)OCc2ccc(O)cc2)[C@@H](OCCCO[C@@H]2OC(C(=O)OCc3ccccc3)[C@@H](OC(C)C)[C@H](O)[C@@H]2O)[C@H](O)[C@@H]1O. The molecule has 0 bridgehead atoms. The molecule has 2 aromatic rings. The molecule has 2 aliphatic heterocycles. The molecular weight excluding hydrogens is 660 g/mol. The molecule has 10 atom stereocenters.